The molecule has 2 aromatic heterocycles. The topological polar surface area (TPSA) is 82.3 Å². The minimum absolute atomic E-state index is 0.0444. The van der Waals surface area contributed by atoms with Gasteiger partial charge in [0, 0.05) is 18.4 Å². The molecular formula is C26H32FN5O2. The summed E-state index contributed by atoms with van der Waals surface area (Å²) in [6, 6.07) is 6.47. The van der Waals surface area contributed by atoms with E-state index in [9.17, 15) is 4.79 Å². The number of benzene rings is 1. The van der Waals surface area contributed by atoms with Crippen LogP contribution in [0.5, 0.6) is 11.5 Å². The number of fused-ring (bicyclic) bond motifs is 1. The van der Waals surface area contributed by atoms with Crippen molar-refractivity contribution < 1.29 is 13.9 Å². The van der Waals surface area contributed by atoms with Crippen LogP contribution in [0.3, 0.4) is 0 Å². The lowest BCUT2D eigenvalue weighted by molar-refractivity contribution is -0.124. The highest BCUT2D eigenvalue weighted by Gasteiger charge is 2.28. The number of ether oxygens (including phenoxy) is 1. The number of nitrogens with zero attached hydrogens (tertiary/aromatic N) is 2. The second-order valence-electron chi connectivity index (χ2n) is 9.55. The number of hydrogen-bond donors (Lipinski definition) is 3. The summed E-state index contributed by atoms with van der Waals surface area (Å²) in [5.74, 6) is 0.793. The van der Waals surface area contributed by atoms with Gasteiger partial charge in [-0.15, -0.1) is 0 Å². The van der Waals surface area contributed by atoms with Crippen LogP contribution in [0.2, 0.25) is 0 Å². The third-order valence-corrected chi connectivity index (χ3v) is 6.97. The molecule has 3 N–H and O–H groups in total. The maximum Gasteiger partial charge on any atom is 0.237 e. The van der Waals surface area contributed by atoms with E-state index in [1.807, 2.05) is 12.3 Å². The molecule has 0 spiro atoms. The van der Waals surface area contributed by atoms with Crippen LogP contribution in [0.15, 0.2) is 36.7 Å². The first kappa shape index (κ1) is 22.8. The first-order valence-corrected chi connectivity index (χ1v) is 12.1. The van der Waals surface area contributed by atoms with Gasteiger partial charge in [0.25, 0.3) is 0 Å². The molecule has 34 heavy (non-hydrogen) atoms. The first-order chi connectivity index (χ1) is 16.5. The lowest BCUT2D eigenvalue weighted by Gasteiger charge is -2.30. The van der Waals surface area contributed by atoms with Crippen molar-refractivity contribution in [2.24, 2.45) is 0 Å². The Kier molecular flexibility index (Phi) is 6.52. The number of hydrogen-bond acceptors (Lipinski definition) is 5. The summed E-state index contributed by atoms with van der Waals surface area (Å²) in [4.78, 5) is 22.6. The van der Waals surface area contributed by atoms with Crippen LogP contribution in [0.1, 0.15) is 42.7 Å². The average Bonchev–Trinajstić information content (AvgIpc) is 3.59. The fourth-order valence-electron chi connectivity index (χ4n) is 4.74. The molecule has 1 aliphatic heterocycles. The molecule has 0 bridgehead atoms. The normalized spacial score (nSPS) is 18.2. The summed E-state index contributed by atoms with van der Waals surface area (Å²) >= 11 is 0. The number of halogens is 1. The van der Waals surface area contributed by atoms with Crippen LogP contribution >= 0.6 is 0 Å². The predicted octanol–water partition coefficient (Wildman–Crippen LogP) is 3.71. The minimum Gasteiger partial charge on any atom is -0.453 e. The van der Waals surface area contributed by atoms with E-state index in [-0.39, 0.29) is 17.7 Å². The molecule has 1 aromatic carbocycles. The fourth-order valence-corrected chi connectivity index (χ4v) is 4.74. The number of piperidine rings is 1. The van der Waals surface area contributed by atoms with Crippen molar-refractivity contribution in [3.63, 3.8) is 0 Å². The van der Waals surface area contributed by atoms with Gasteiger partial charge in [0.05, 0.1) is 11.4 Å². The Hall–Kier alpha value is -2.97. The van der Waals surface area contributed by atoms with Crippen molar-refractivity contribution in [3.8, 4) is 11.5 Å². The van der Waals surface area contributed by atoms with Gasteiger partial charge in [0.15, 0.2) is 11.6 Å². The number of rotatable bonds is 8. The minimum atomic E-state index is -0.448. The van der Waals surface area contributed by atoms with Crippen LogP contribution in [0, 0.1) is 5.82 Å². The summed E-state index contributed by atoms with van der Waals surface area (Å²) < 4.78 is 21.0. The fraction of sp³-hybridized carbons (Fsp3) is 0.462. The van der Waals surface area contributed by atoms with Gasteiger partial charge in [0.2, 0.25) is 5.91 Å². The maximum atomic E-state index is 15.0. The molecule has 1 saturated heterocycles. The van der Waals surface area contributed by atoms with E-state index in [4.69, 9.17) is 4.74 Å². The summed E-state index contributed by atoms with van der Waals surface area (Å²) in [5.41, 5.74) is 2.68. The summed E-state index contributed by atoms with van der Waals surface area (Å²) in [5, 5.41) is 7.15. The van der Waals surface area contributed by atoms with Gasteiger partial charge in [-0.1, -0.05) is 6.07 Å². The summed E-state index contributed by atoms with van der Waals surface area (Å²) in [6.45, 7) is 1.97. The highest BCUT2D eigenvalue weighted by molar-refractivity contribution is 5.87. The van der Waals surface area contributed by atoms with Crippen LogP contribution in [0.4, 0.5) is 4.39 Å². The molecule has 7 nitrogen and oxygen atoms in total. The largest absolute Gasteiger partial charge is 0.453 e. The van der Waals surface area contributed by atoms with E-state index < -0.39 is 11.9 Å². The third-order valence-electron chi connectivity index (χ3n) is 6.97. The molecule has 2 aliphatic rings. The van der Waals surface area contributed by atoms with Gasteiger partial charge in [-0.25, -0.2) is 9.37 Å². The van der Waals surface area contributed by atoms with Gasteiger partial charge in [-0.3, -0.25) is 4.79 Å². The zero-order valence-electron chi connectivity index (χ0n) is 19.7. The number of H-pyrrole nitrogens is 1. The number of aromatic nitrogens is 2. The Morgan fingerprint density at radius 2 is 2.03 bits per heavy atom. The van der Waals surface area contributed by atoms with Crippen molar-refractivity contribution >= 4 is 16.9 Å². The second-order valence-corrected chi connectivity index (χ2v) is 9.55. The van der Waals surface area contributed by atoms with Crippen LogP contribution < -0.4 is 15.4 Å². The maximum absolute atomic E-state index is 15.0. The molecule has 1 unspecified atom stereocenters. The monoisotopic (exact) mass is 465 g/mol. The zero-order chi connectivity index (χ0) is 23.7. The Morgan fingerprint density at radius 1 is 1.24 bits per heavy atom. The number of carbonyl (C=O) groups excluding carboxylic acids is 1. The van der Waals surface area contributed by atoms with Gasteiger partial charge >= 0.3 is 0 Å². The van der Waals surface area contributed by atoms with Gasteiger partial charge < -0.3 is 25.3 Å². The smallest absolute Gasteiger partial charge is 0.237 e. The molecule has 3 aromatic rings. The SMILES string of the molecule is CNC(Cc1ccc(Oc2ccnc3[nH]cc(C4CC4)c23)c(F)c1)C(=O)NC1CCN(C)CC1. The van der Waals surface area contributed by atoms with Crippen LogP contribution in [-0.4, -0.2) is 60.0 Å². The molecule has 1 saturated carbocycles. The van der Waals surface area contributed by atoms with Gasteiger partial charge in [-0.05, 0) is 94.5 Å². The molecule has 8 heteroatoms. The molecule has 1 amide bonds. The van der Waals surface area contributed by atoms with Crippen molar-refractivity contribution in [2.75, 3.05) is 27.2 Å². The standard InChI is InChI=1S/C26H32FN5O2/c1-28-21(26(33)31-18-8-11-32(2)12-9-18)14-16-3-6-22(20(27)13-16)34-23-7-10-29-25-24(23)19(15-30-25)17-4-5-17/h3,6-7,10,13,15,17-18,21,28H,4-5,8-9,11-12,14H2,1-2H3,(H,29,30)(H,31,33). The van der Waals surface area contributed by atoms with Gasteiger partial charge in [0.1, 0.15) is 11.4 Å². The average molecular weight is 466 g/mol. The highest BCUT2D eigenvalue weighted by atomic mass is 19.1. The van der Waals surface area contributed by atoms with Crippen molar-refractivity contribution in [3.05, 3.63) is 53.6 Å². The molecule has 0 radical (unpaired) electrons. The molecule has 1 aliphatic carbocycles. The summed E-state index contributed by atoms with van der Waals surface area (Å²) in [6.07, 6.45) is 8.25. The lowest BCUT2D eigenvalue weighted by atomic mass is 10.0. The van der Waals surface area contributed by atoms with Crippen LogP contribution in [-0.2, 0) is 11.2 Å². The van der Waals surface area contributed by atoms with Gasteiger partial charge in [-0.2, -0.15) is 0 Å². The second kappa shape index (κ2) is 9.72. The number of nitrogens with one attached hydrogen (secondary N) is 3. The van der Waals surface area contributed by atoms with Crippen molar-refractivity contribution in [2.45, 2.75) is 50.1 Å². The number of carbonyl (C=O) groups is 1. The Labute approximate surface area is 199 Å². The molecule has 180 valence electrons. The molecule has 1 atom stereocenters. The zero-order valence-corrected chi connectivity index (χ0v) is 19.7. The number of aromatic amines is 1. The third kappa shape index (κ3) is 4.93. The Balaban J connectivity index is 1.27. The molecule has 2 fully saturated rings. The summed E-state index contributed by atoms with van der Waals surface area (Å²) in [7, 11) is 3.85. The predicted molar refractivity (Wildman–Crippen MR) is 130 cm³/mol. The number of amides is 1. The number of likely N-dealkylation sites (N-methyl/N-ethyl adjacent to an activating group) is 1. The molecule has 5 rings (SSSR count). The molecule has 3 heterocycles. The Morgan fingerprint density at radius 3 is 2.74 bits per heavy atom. The Bertz CT molecular complexity index is 1170. The van der Waals surface area contributed by atoms with E-state index in [0.717, 1.165) is 55.4 Å². The first-order valence-electron chi connectivity index (χ1n) is 12.1. The van der Waals surface area contributed by atoms with E-state index in [2.05, 4.69) is 32.5 Å². The van der Waals surface area contributed by atoms with Crippen molar-refractivity contribution in [1.29, 1.82) is 0 Å². The van der Waals surface area contributed by atoms with E-state index in [1.54, 1.807) is 25.4 Å². The number of likely N-dealkylation sites (tertiary alicyclic amines) is 1. The van der Waals surface area contributed by atoms with Crippen molar-refractivity contribution in [1.82, 2.24) is 25.5 Å². The van der Waals surface area contributed by atoms with E-state index >= 15 is 4.39 Å². The van der Waals surface area contributed by atoms with E-state index in [0.29, 0.717) is 18.1 Å². The number of pyridine rings is 1. The van der Waals surface area contributed by atoms with E-state index in [1.165, 1.54) is 11.6 Å². The quantitative estimate of drug-likeness (QED) is 0.473. The lowest BCUT2D eigenvalue weighted by Crippen LogP contribution is -2.50. The van der Waals surface area contributed by atoms with Crippen LogP contribution in [0.25, 0.3) is 11.0 Å². The highest BCUT2D eigenvalue weighted by Crippen LogP contribution is 2.45. The molecular weight excluding hydrogens is 433 g/mol.